The summed E-state index contributed by atoms with van der Waals surface area (Å²) in [7, 11) is 0. The van der Waals surface area contributed by atoms with Gasteiger partial charge in [-0.3, -0.25) is 0 Å². The second-order valence-electron chi connectivity index (χ2n) is 5.99. The molecule has 0 radical (unpaired) electrons. The lowest BCUT2D eigenvalue weighted by atomic mass is 10.0. The van der Waals surface area contributed by atoms with Gasteiger partial charge in [0.1, 0.15) is 5.82 Å². The molecular weight excluding hydrogens is 340 g/mol. The minimum absolute atomic E-state index is 0.797. The van der Waals surface area contributed by atoms with Crippen molar-refractivity contribution in [3.8, 4) is 22.4 Å². The van der Waals surface area contributed by atoms with Crippen LogP contribution in [0.15, 0.2) is 91.5 Å². The van der Waals surface area contributed by atoms with Gasteiger partial charge in [0.2, 0.25) is 0 Å². The maximum atomic E-state index is 4.66. The van der Waals surface area contributed by atoms with Crippen LogP contribution in [0.2, 0.25) is 0 Å². The molecule has 1 heterocycles. The summed E-state index contributed by atoms with van der Waals surface area (Å²) in [6.07, 6.45) is 1.75. The number of fused-ring (bicyclic) bond motifs is 1. The Morgan fingerprint density at radius 2 is 1.18 bits per heavy atom. The zero-order chi connectivity index (χ0) is 20.4. The molecule has 28 heavy (non-hydrogen) atoms. The number of aryl methyl sites for hydroxylation is 1. The van der Waals surface area contributed by atoms with E-state index < -0.39 is 0 Å². The normalized spacial score (nSPS) is 9.57. The molecule has 0 atom stereocenters. The van der Waals surface area contributed by atoms with Crippen molar-refractivity contribution in [1.29, 1.82) is 0 Å². The number of hydrogen-bond acceptors (Lipinski definition) is 2. The zero-order valence-electron chi connectivity index (χ0n) is 17.2. The summed E-state index contributed by atoms with van der Waals surface area (Å²) in [5.41, 5.74) is 5.54. The topological polar surface area (TPSA) is 25.8 Å². The van der Waals surface area contributed by atoms with Crippen molar-refractivity contribution in [2.45, 2.75) is 27.7 Å². The first-order chi connectivity index (χ1) is 13.7. The molecule has 0 spiro atoms. The van der Waals surface area contributed by atoms with E-state index in [1.165, 1.54) is 11.1 Å². The van der Waals surface area contributed by atoms with E-state index in [0.29, 0.717) is 0 Å². The number of para-hydroxylation sites is 1. The highest BCUT2D eigenvalue weighted by Gasteiger charge is 2.08. The molecule has 2 heteroatoms. The Balaban J connectivity index is 0.000000514. The van der Waals surface area contributed by atoms with Crippen LogP contribution in [0.25, 0.3) is 33.3 Å². The van der Waals surface area contributed by atoms with Crippen molar-refractivity contribution in [2.24, 2.45) is 0 Å². The van der Waals surface area contributed by atoms with Gasteiger partial charge < -0.3 is 0 Å². The Morgan fingerprint density at radius 3 is 1.82 bits per heavy atom. The second-order valence-corrected chi connectivity index (χ2v) is 5.99. The SMILES string of the molecule is C=CC.CC.Cc1nc(-c2ccc(-c3ccccc3)cc2)c2ccccc2n1. The summed E-state index contributed by atoms with van der Waals surface area (Å²) in [6, 6.07) is 27.1. The monoisotopic (exact) mass is 368 g/mol. The Bertz CT molecular complexity index is 1000. The van der Waals surface area contributed by atoms with Crippen molar-refractivity contribution < 1.29 is 0 Å². The van der Waals surface area contributed by atoms with Crippen molar-refractivity contribution >= 4 is 10.9 Å². The first-order valence-electron chi connectivity index (χ1n) is 9.69. The van der Waals surface area contributed by atoms with E-state index in [-0.39, 0.29) is 0 Å². The van der Waals surface area contributed by atoms with Crippen LogP contribution in [0.1, 0.15) is 26.6 Å². The fourth-order valence-electron chi connectivity index (χ4n) is 2.86. The third-order valence-corrected chi connectivity index (χ3v) is 3.98. The number of allylic oxidation sites excluding steroid dienone is 1. The molecule has 0 aliphatic heterocycles. The van der Waals surface area contributed by atoms with Gasteiger partial charge in [0.05, 0.1) is 11.2 Å². The summed E-state index contributed by atoms with van der Waals surface area (Å²) in [5.74, 6) is 0.797. The summed E-state index contributed by atoms with van der Waals surface area (Å²) in [5, 5.41) is 1.09. The van der Waals surface area contributed by atoms with Crippen LogP contribution in [0.5, 0.6) is 0 Å². The highest BCUT2D eigenvalue weighted by molar-refractivity contribution is 5.92. The first kappa shape index (κ1) is 21.0. The van der Waals surface area contributed by atoms with Crippen LogP contribution in [0, 0.1) is 6.92 Å². The highest BCUT2D eigenvalue weighted by Crippen LogP contribution is 2.28. The van der Waals surface area contributed by atoms with Crippen molar-refractivity contribution in [1.82, 2.24) is 9.97 Å². The molecule has 0 N–H and O–H groups in total. The average Bonchev–Trinajstić information content (AvgIpc) is 2.76. The fourth-order valence-corrected chi connectivity index (χ4v) is 2.86. The Hall–Kier alpha value is -3.26. The molecule has 0 amide bonds. The molecule has 2 nitrogen and oxygen atoms in total. The first-order valence-corrected chi connectivity index (χ1v) is 9.69. The van der Waals surface area contributed by atoms with Crippen LogP contribution in [0.4, 0.5) is 0 Å². The zero-order valence-corrected chi connectivity index (χ0v) is 17.2. The predicted octanol–water partition coefficient (Wildman–Crippen LogP) is 7.49. The average molecular weight is 369 g/mol. The third kappa shape index (κ3) is 5.14. The van der Waals surface area contributed by atoms with Crippen molar-refractivity contribution in [2.75, 3.05) is 0 Å². The number of hydrogen-bond donors (Lipinski definition) is 0. The van der Waals surface area contributed by atoms with Gasteiger partial charge in [-0.05, 0) is 31.0 Å². The Morgan fingerprint density at radius 1 is 0.679 bits per heavy atom. The van der Waals surface area contributed by atoms with Crippen LogP contribution in [0.3, 0.4) is 0 Å². The molecule has 0 aliphatic rings. The van der Waals surface area contributed by atoms with Gasteiger partial charge in [-0.2, -0.15) is 0 Å². The van der Waals surface area contributed by atoms with E-state index in [9.17, 15) is 0 Å². The van der Waals surface area contributed by atoms with E-state index in [1.807, 2.05) is 52.0 Å². The second kappa shape index (κ2) is 10.8. The minimum atomic E-state index is 0.797. The lowest BCUT2D eigenvalue weighted by Gasteiger charge is -2.08. The summed E-state index contributed by atoms with van der Waals surface area (Å²) in [6.45, 7) is 11.2. The Labute approximate surface area is 168 Å². The van der Waals surface area contributed by atoms with E-state index in [0.717, 1.165) is 28.0 Å². The predicted molar refractivity (Wildman–Crippen MR) is 122 cm³/mol. The standard InChI is InChI=1S/C21H16N2.C3H6.C2H6/c1-15-22-20-10-6-5-9-19(20)21(23-15)18-13-11-17(12-14-18)16-7-3-2-4-8-16;1-3-2;1-2/h2-14H,1H3;3H,1H2,2H3;1-2H3. The molecule has 0 bridgehead atoms. The van der Waals surface area contributed by atoms with E-state index >= 15 is 0 Å². The van der Waals surface area contributed by atoms with Crippen LogP contribution in [-0.4, -0.2) is 9.97 Å². The van der Waals surface area contributed by atoms with Crippen molar-refractivity contribution in [3.63, 3.8) is 0 Å². The van der Waals surface area contributed by atoms with Gasteiger partial charge in [0.15, 0.2) is 0 Å². The molecule has 3 aromatic carbocycles. The van der Waals surface area contributed by atoms with E-state index in [2.05, 4.69) is 71.1 Å². The maximum absolute atomic E-state index is 4.66. The van der Waals surface area contributed by atoms with Gasteiger partial charge in [-0.1, -0.05) is 92.7 Å². The molecule has 142 valence electrons. The molecule has 0 unspecified atom stereocenters. The van der Waals surface area contributed by atoms with Gasteiger partial charge >= 0.3 is 0 Å². The number of rotatable bonds is 2. The van der Waals surface area contributed by atoms with Gasteiger partial charge in [-0.15, -0.1) is 6.58 Å². The van der Waals surface area contributed by atoms with Gasteiger partial charge in [-0.25, -0.2) is 9.97 Å². The number of benzene rings is 3. The van der Waals surface area contributed by atoms with Crippen LogP contribution in [-0.2, 0) is 0 Å². The van der Waals surface area contributed by atoms with Gasteiger partial charge in [0.25, 0.3) is 0 Å². The smallest absolute Gasteiger partial charge is 0.126 e. The van der Waals surface area contributed by atoms with Gasteiger partial charge in [0, 0.05) is 10.9 Å². The molecule has 0 fully saturated rings. The molecule has 0 aliphatic carbocycles. The van der Waals surface area contributed by atoms with Crippen LogP contribution >= 0.6 is 0 Å². The molecule has 4 aromatic rings. The molecule has 4 rings (SSSR count). The molecule has 0 saturated carbocycles. The number of nitrogens with zero attached hydrogens (tertiary/aromatic N) is 2. The lowest BCUT2D eigenvalue weighted by molar-refractivity contribution is 1.10. The third-order valence-electron chi connectivity index (χ3n) is 3.98. The largest absolute Gasteiger partial charge is 0.233 e. The summed E-state index contributed by atoms with van der Waals surface area (Å²) < 4.78 is 0. The molecule has 1 aromatic heterocycles. The minimum Gasteiger partial charge on any atom is -0.233 e. The quantitative estimate of drug-likeness (QED) is 0.342. The molecule has 0 saturated heterocycles. The highest BCUT2D eigenvalue weighted by atomic mass is 14.9. The van der Waals surface area contributed by atoms with E-state index in [4.69, 9.17) is 0 Å². The summed E-state index contributed by atoms with van der Waals surface area (Å²) >= 11 is 0. The Kier molecular flexibility index (Phi) is 8.11. The summed E-state index contributed by atoms with van der Waals surface area (Å²) in [4.78, 5) is 9.18. The molecular formula is C26H28N2. The van der Waals surface area contributed by atoms with E-state index in [1.54, 1.807) is 6.08 Å². The lowest BCUT2D eigenvalue weighted by Crippen LogP contribution is -1.93. The number of aromatic nitrogens is 2. The fraction of sp³-hybridized carbons (Fsp3) is 0.154. The maximum Gasteiger partial charge on any atom is 0.126 e. The van der Waals surface area contributed by atoms with Crippen molar-refractivity contribution in [3.05, 3.63) is 97.3 Å². The van der Waals surface area contributed by atoms with Crippen LogP contribution < -0.4 is 0 Å².